The van der Waals surface area contributed by atoms with Crippen LogP contribution in [0.25, 0.3) is 0 Å². The maximum atomic E-state index is 12.4. The predicted molar refractivity (Wildman–Crippen MR) is 134 cm³/mol. The number of hydrogen-bond donors (Lipinski definition) is 1. The maximum absolute atomic E-state index is 12.4. The molecule has 0 bridgehead atoms. The van der Waals surface area contributed by atoms with E-state index < -0.39 is 5.41 Å². The minimum absolute atomic E-state index is 0.00791. The number of fused-ring (bicyclic) bond motifs is 1. The van der Waals surface area contributed by atoms with E-state index in [0.29, 0.717) is 41.4 Å². The molecule has 2 aromatic carbocycles. The number of oxime groups is 1. The molecule has 0 spiro atoms. The van der Waals surface area contributed by atoms with E-state index in [0.717, 1.165) is 35.5 Å². The van der Waals surface area contributed by atoms with E-state index in [1.54, 1.807) is 18.3 Å². The van der Waals surface area contributed by atoms with Crippen LogP contribution in [-0.2, 0) is 14.5 Å². The second-order valence-electron chi connectivity index (χ2n) is 8.13. The Morgan fingerprint density at radius 2 is 2.03 bits per heavy atom. The van der Waals surface area contributed by atoms with Gasteiger partial charge in [0, 0.05) is 18.3 Å². The first-order chi connectivity index (χ1) is 15.8. The second-order valence-corrected chi connectivity index (χ2v) is 9.67. The molecule has 33 heavy (non-hydrogen) atoms. The molecule has 0 unspecified atom stereocenters. The molecule has 176 valence electrons. The topological polar surface area (TPSA) is 77.0 Å². The van der Waals surface area contributed by atoms with E-state index in [9.17, 15) is 9.59 Å². The summed E-state index contributed by atoms with van der Waals surface area (Å²) in [4.78, 5) is 25.0. The summed E-state index contributed by atoms with van der Waals surface area (Å²) in [5.41, 5.74) is 1.58. The van der Waals surface area contributed by atoms with E-state index in [4.69, 9.17) is 32.2 Å². The van der Waals surface area contributed by atoms with E-state index >= 15 is 0 Å². The number of hydrogen-bond acceptors (Lipinski definition) is 6. The molecule has 0 aromatic heterocycles. The lowest BCUT2D eigenvalue weighted by molar-refractivity contribution is -0.119. The first-order valence-electron chi connectivity index (χ1n) is 10.7. The van der Waals surface area contributed by atoms with Crippen molar-refractivity contribution in [2.45, 2.75) is 56.8 Å². The Labute approximate surface area is 208 Å². The largest absolute Gasteiger partial charge is 0.494 e. The van der Waals surface area contributed by atoms with E-state index in [-0.39, 0.29) is 16.7 Å². The summed E-state index contributed by atoms with van der Waals surface area (Å²) in [6, 6.07) is 8.96. The van der Waals surface area contributed by atoms with Crippen LogP contribution in [0.4, 0.5) is 5.69 Å². The third-order valence-electron chi connectivity index (χ3n) is 5.28. The minimum Gasteiger partial charge on any atom is -0.494 e. The van der Waals surface area contributed by atoms with Crippen molar-refractivity contribution < 1.29 is 18.6 Å². The summed E-state index contributed by atoms with van der Waals surface area (Å²) in [6.07, 6.45) is 4.13. The standard InChI is InChI=1S/C24H26Cl2N2O4S/c1-4-7-19(29)21-20(11-9-17(25)22(21)26)33-32-27-12-5-6-13-31-15-8-10-18-16(14-15)24(2,3)23(30)28-18/h8-12,14H,4-7,13H2,1-3H3,(H,28,30). The lowest BCUT2D eigenvalue weighted by Gasteiger charge is -2.16. The SMILES string of the molecule is CCCC(=O)c1c(SON=CCCCOc2ccc3c(c2)C(C)(C)C(=O)N3)ccc(Cl)c1Cl. The van der Waals surface area contributed by atoms with Crippen LogP contribution in [0.15, 0.2) is 40.4 Å². The van der Waals surface area contributed by atoms with Crippen molar-refractivity contribution in [2.24, 2.45) is 5.16 Å². The number of carbonyl (C=O) groups is 2. The van der Waals surface area contributed by atoms with Gasteiger partial charge < -0.3 is 14.3 Å². The molecule has 1 amide bonds. The number of rotatable bonds is 11. The fourth-order valence-corrected chi connectivity index (χ4v) is 4.45. The molecular weight excluding hydrogens is 483 g/mol. The molecular formula is C24H26Cl2N2O4S. The first-order valence-corrected chi connectivity index (χ1v) is 12.2. The number of carbonyl (C=O) groups excluding carboxylic acids is 2. The highest BCUT2D eigenvalue weighted by Crippen LogP contribution is 2.39. The van der Waals surface area contributed by atoms with Crippen LogP contribution in [0.5, 0.6) is 5.75 Å². The number of halogens is 2. The summed E-state index contributed by atoms with van der Waals surface area (Å²) in [6.45, 7) is 6.22. The molecule has 2 aromatic rings. The molecule has 1 N–H and O–H groups in total. The zero-order valence-corrected chi connectivity index (χ0v) is 21.1. The number of anilines is 1. The van der Waals surface area contributed by atoms with Crippen molar-refractivity contribution in [1.82, 2.24) is 0 Å². The molecule has 6 nitrogen and oxygen atoms in total. The van der Waals surface area contributed by atoms with Crippen molar-refractivity contribution in [3.05, 3.63) is 51.5 Å². The smallest absolute Gasteiger partial charge is 0.234 e. The molecule has 0 aliphatic carbocycles. The highest BCUT2D eigenvalue weighted by Gasteiger charge is 2.38. The summed E-state index contributed by atoms with van der Waals surface area (Å²) >= 11 is 13.3. The lowest BCUT2D eigenvalue weighted by Crippen LogP contribution is -2.26. The molecule has 1 aliphatic heterocycles. The monoisotopic (exact) mass is 508 g/mol. The van der Waals surface area contributed by atoms with Crippen LogP contribution in [0, 0.1) is 0 Å². The number of ketones is 1. The van der Waals surface area contributed by atoms with E-state index in [1.165, 1.54) is 0 Å². The number of benzene rings is 2. The Kier molecular flexibility index (Phi) is 8.68. The molecule has 9 heteroatoms. The van der Waals surface area contributed by atoms with Gasteiger partial charge >= 0.3 is 0 Å². The van der Waals surface area contributed by atoms with Gasteiger partial charge in [0.1, 0.15) is 17.8 Å². The second kappa shape index (κ2) is 11.3. The zero-order valence-electron chi connectivity index (χ0n) is 18.7. The number of ether oxygens (including phenoxy) is 1. The van der Waals surface area contributed by atoms with Crippen molar-refractivity contribution in [2.75, 3.05) is 11.9 Å². The van der Waals surface area contributed by atoms with Crippen LogP contribution in [0.3, 0.4) is 0 Å². The summed E-state index contributed by atoms with van der Waals surface area (Å²) in [7, 11) is 0. The van der Waals surface area contributed by atoms with Gasteiger partial charge in [-0.15, -0.1) is 0 Å². The Hall–Kier alpha value is -2.22. The molecule has 0 saturated carbocycles. The van der Waals surface area contributed by atoms with Crippen LogP contribution in [0.2, 0.25) is 10.0 Å². The Morgan fingerprint density at radius 3 is 2.79 bits per heavy atom. The number of Topliss-reactive ketones (excluding diaryl/α,β-unsaturated/α-hetero) is 1. The predicted octanol–water partition coefficient (Wildman–Crippen LogP) is 7.07. The van der Waals surface area contributed by atoms with E-state index in [1.807, 2.05) is 39.0 Å². The normalized spacial score (nSPS) is 14.3. The minimum atomic E-state index is -0.564. The Bertz CT molecular complexity index is 1070. The van der Waals surface area contributed by atoms with Gasteiger partial charge in [0.15, 0.2) is 5.78 Å². The average molecular weight is 509 g/mol. The zero-order chi connectivity index (χ0) is 24.0. The fourth-order valence-electron chi connectivity index (χ4n) is 3.36. The third-order valence-corrected chi connectivity index (χ3v) is 6.77. The lowest BCUT2D eigenvalue weighted by atomic mass is 9.86. The van der Waals surface area contributed by atoms with Gasteiger partial charge in [0.25, 0.3) is 0 Å². The fraction of sp³-hybridized carbons (Fsp3) is 0.375. The van der Waals surface area contributed by atoms with Crippen LogP contribution in [-0.4, -0.2) is 24.5 Å². The molecule has 0 radical (unpaired) electrons. The van der Waals surface area contributed by atoms with Crippen LogP contribution < -0.4 is 10.1 Å². The maximum Gasteiger partial charge on any atom is 0.234 e. The molecule has 0 fully saturated rings. The molecule has 3 rings (SSSR count). The Morgan fingerprint density at radius 1 is 1.24 bits per heavy atom. The third kappa shape index (κ3) is 6.02. The summed E-state index contributed by atoms with van der Waals surface area (Å²) in [5.74, 6) is 0.643. The van der Waals surface area contributed by atoms with E-state index in [2.05, 4.69) is 10.5 Å². The van der Waals surface area contributed by atoms with Crippen LogP contribution in [0.1, 0.15) is 62.4 Å². The number of nitrogens with one attached hydrogen (secondary N) is 1. The molecule has 1 heterocycles. The number of unbranched alkanes of at least 4 members (excludes halogenated alkanes) is 1. The van der Waals surface area contributed by atoms with Gasteiger partial charge in [-0.3, -0.25) is 9.59 Å². The quantitative estimate of drug-likeness (QED) is 0.115. The summed E-state index contributed by atoms with van der Waals surface area (Å²) in [5, 5.41) is 7.39. The van der Waals surface area contributed by atoms with Gasteiger partial charge in [-0.2, -0.15) is 0 Å². The highest BCUT2D eigenvalue weighted by molar-refractivity contribution is 7.94. The first kappa shape index (κ1) is 25.4. The van der Waals surface area contributed by atoms with Crippen LogP contribution >= 0.6 is 35.2 Å². The van der Waals surface area contributed by atoms with Gasteiger partial charge in [-0.25, -0.2) is 0 Å². The summed E-state index contributed by atoms with van der Waals surface area (Å²) < 4.78 is 11.1. The van der Waals surface area contributed by atoms with Gasteiger partial charge in [-0.1, -0.05) is 35.3 Å². The average Bonchev–Trinajstić information content (AvgIpc) is 3.00. The number of amides is 1. The Balaban J connectivity index is 1.44. The van der Waals surface area contributed by atoms with Gasteiger partial charge in [0.05, 0.1) is 32.5 Å². The number of nitrogens with zero attached hydrogens (tertiary/aromatic N) is 1. The van der Waals surface area contributed by atoms with Crippen molar-refractivity contribution in [3.8, 4) is 5.75 Å². The van der Waals surface area contributed by atoms with Crippen molar-refractivity contribution in [1.29, 1.82) is 0 Å². The van der Waals surface area contributed by atoms with Crippen molar-refractivity contribution in [3.63, 3.8) is 0 Å². The molecule has 0 saturated heterocycles. The van der Waals surface area contributed by atoms with Gasteiger partial charge in [0.2, 0.25) is 5.91 Å². The van der Waals surface area contributed by atoms with Gasteiger partial charge in [-0.05, 0) is 69.0 Å². The molecule has 1 aliphatic rings. The van der Waals surface area contributed by atoms with Crippen molar-refractivity contribution >= 4 is 58.8 Å². The molecule has 0 atom stereocenters. The highest BCUT2D eigenvalue weighted by atomic mass is 35.5.